The first kappa shape index (κ1) is 23.7. The summed E-state index contributed by atoms with van der Waals surface area (Å²) in [5, 5.41) is 5.44. The van der Waals surface area contributed by atoms with Crippen LogP contribution in [0.5, 0.6) is 5.75 Å². The third kappa shape index (κ3) is 7.02. The third-order valence-electron chi connectivity index (χ3n) is 5.43. The number of piperidine rings is 1. The van der Waals surface area contributed by atoms with Gasteiger partial charge in [-0.3, -0.25) is 24.3 Å². The summed E-state index contributed by atoms with van der Waals surface area (Å²) in [5.41, 5.74) is 1.70. The minimum Gasteiger partial charge on any atom is -0.490 e. The molecule has 1 aromatic heterocycles. The van der Waals surface area contributed by atoms with Gasteiger partial charge < -0.3 is 10.1 Å². The van der Waals surface area contributed by atoms with E-state index in [0.29, 0.717) is 25.4 Å². The maximum atomic E-state index is 13.6. The largest absolute Gasteiger partial charge is 0.490 e. The SMILES string of the molecule is CCCCNC1CCC(=O)NC1=O.O=Cn1ccc(-c2ccc(F)c(OCC3CC3)c2)c1. The van der Waals surface area contributed by atoms with E-state index in [2.05, 4.69) is 17.6 Å². The molecule has 1 aliphatic carbocycles. The fraction of sp³-hybridized carbons (Fsp3) is 0.458. The Morgan fingerprint density at radius 1 is 1.22 bits per heavy atom. The quantitative estimate of drug-likeness (QED) is 0.353. The number of hydrogen-bond acceptors (Lipinski definition) is 5. The lowest BCUT2D eigenvalue weighted by molar-refractivity contribution is -0.134. The van der Waals surface area contributed by atoms with Crippen LogP contribution in [0, 0.1) is 11.7 Å². The molecule has 1 atom stereocenters. The lowest BCUT2D eigenvalue weighted by Gasteiger charge is -2.21. The standard InChI is InChI=1S/C15H14FNO2.C9H16N2O2/c16-14-4-3-12(13-5-6-17(8-13)10-18)7-15(14)19-9-11-1-2-11;1-2-3-6-10-7-4-5-8(12)11-9(7)13/h3-8,10-11H,1-2,9H2;7,10H,2-6H2,1H3,(H,11,12,13). The fourth-order valence-electron chi connectivity index (χ4n) is 3.28. The molecule has 0 bridgehead atoms. The Hall–Kier alpha value is -3.00. The van der Waals surface area contributed by atoms with Crippen LogP contribution in [0.25, 0.3) is 11.1 Å². The summed E-state index contributed by atoms with van der Waals surface area (Å²) in [6.07, 6.45) is 9.69. The van der Waals surface area contributed by atoms with Gasteiger partial charge in [0, 0.05) is 18.8 Å². The van der Waals surface area contributed by atoms with Crippen molar-refractivity contribution in [3.8, 4) is 16.9 Å². The normalized spacial score (nSPS) is 17.9. The van der Waals surface area contributed by atoms with Crippen molar-refractivity contribution in [3.05, 3.63) is 42.5 Å². The average molecular weight is 444 g/mol. The zero-order chi connectivity index (χ0) is 22.9. The van der Waals surface area contributed by atoms with Gasteiger partial charge in [-0.2, -0.15) is 0 Å². The number of imide groups is 1. The predicted molar refractivity (Wildman–Crippen MR) is 119 cm³/mol. The van der Waals surface area contributed by atoms with Crippen LogP contribution in [0.3, 0.4) is 0 Å². The molecule has 1 saturated carbocycles. The monoisotopic (exact) mass is 443 g/mol. The molecule has 2 fully saturated rings. The van der Waals surface area contributed by atoms with E-state index in [1.807, 2.05) is 6.07 Å². The van der Waals surface area contributed by atoms with E-state index < -0.39 is 0 Å². The Bertz CT molecular complexity index is 939. The van der Waals surface area contributed by atoms with E-state index in [1.54, 1.807) is 24.5 Å². The molecule has 2 heterocycles. The molecule has 2 aliphatic rings. The Morgan fingerprint density at radius 3 is 2.69 bits per heavy atom. The van der Waals surface area contributed by atoms with Crippen LogP contribution in [0.4, 0.5) is 4.39 Å². The molecule has 1 aliphatic heterocycles. The van der Waals surface area contributed by atoms with Crippen molar-refractivity contribution in [1.29, 1.82) is 0 Å². The highest BCUT2D eigenvalue weighted by atomic mass is 19.1. The van der Waals surface area contributed by atoms with Crippen LogP contribution in [-0.2, 0) is 14.4 Å². The van der Waals surface area contributed by atoms with Crippen LogP contribution in [0.1, 0.15) is 45.4 Å². The molecule has 0 radical (unpaired) electrons. The summed E-state index contributed by atoms with van der Waals surface area (Å²) in [6, 6.07) is 6.41. The van der Waals surface area contributed by atoms with Gasteiger partial charge in [-0.05, 0) is 67.5 Å². The minimum atomic E-state index is -0.348. The molecular formula is C24H30FN3O4. The molecule has 172 valence electrons. The molecule has 1 unspecified atom stereocenters. The number of halogens is 1. The highest BCUT2D eigenvalue weighted by molar-refractivity contribution is 6.00. The number of hydrogen-bond donors (Lipinski definition) is 2. The van der Waals surface area contributed by atoms with Crippen molar-refractivity contribution in [2.75, 3.05) is 13.2 Å². The van der Waals surface area contributed by atoms with Crippen LogP contribution in [0.15, 0.2) is 36.7 Å². The number of carbonyl (C=O) groups excluding carboxylic acids is 3. The van der Waals surface area contributed by atoms with Crippen molar-refractivity contribution in [2.45, 2.75) is 51.5 Å². The molecule has 1 saturated heterocycles. The van der Waals surface area contributed by atoms with Gasteiger partial charge >= 0.3 is 0 Å². The number of carbonyl (C=O) groups is 3. The van der Waals surface area contributed by atoms with Crippen LogP contribution in [0.2, 0.25) is 0 Å². The van der Waals surface area contributed by atoms with Crippen LogP contribution in [-0.4, -0.2) is 42.0 Å². The van der Waals surface area contributed by atoms with Crippen LogP contribution < -0.4 is 15.4 Å². The first-order chi connectivity index (χ1) is 15.5. The number of rotatable bonds is 9. The van der Waals surface area contributed by atoms with Gasteiger partial charge in [-0.1, -0.05) is 19.4 Å². The minimum absolute atomic E-state index is 0.154. The molecule has 2 aromatic rings. The van der Waals surface area contributed by atoms with Gasteiger partial charge in [0.25, 0.3) is 0 Å². The highest BCUT2D eigenvalue weighted by Crippen LogP contribution is 2.31. The van der Waals surface area contributed by atoms with E-state index in [1.165, 1.54) is 23.5 Å². The molecule has 1 aromatic carbocycles. The summed E-state index contributed by atoms with van der Waals surface area (Å²) < 4.78 is 20.6. The van der Waals surface area contributed by atoms with Gasteiger partial charge in [0.05, 0.1) is 12.6 Å². The van der Waals surface area contributed by atoms with E-state index in [-0.39, 0.29) is 29.4 Å². The zero-order valence-electron chi connectivity index (χ0n) is 18.3. The van der Waals surface area contributed by atoms with Crippen LogP contribution >= 0.6 is 0 Å². The van der Waals surface area contributed by atoms with E-state index in [4.69, 9.17) is 4.74 Å². The van der Waals surface area contributed by atoms with Crippen molar-refractivity contribution >= 4 is 18.2 Å². The van der Waals surface area contributed by atoms with E-state index in [9.17, 15) is 18.8 Å². The highest BCUT2D eigenvalue weighted by Gasteiger charge is 2.25. The Balaban J connectivity index is 0.000000195. The molecule has 32 heavy (non-hydrogen) atoms. The fourth-order valence-corrected chi connectivity index (χ4v) is 3.28. The predicted octanol–water partition coefficient (Wildman–Crippen LogP) is 3.30. The number of nitrogens with one attached hydrogen (secondary N) is 2. The average Bonchev–Trinajstić information content (AvgIpc) is 3.49. The second kappa shape index (κ2) is 11.6. The summed E-state index contributed by atoms with van der Waals surface area (Å²) in [7, 11) is 0. The Morgan fingerprint density at radius 2 is 2.03 bits per heavy atom. The number of unbranched alkanes of at least 4 members (excludes halogenated alkanes) is 1. The Kier molecular flexibility index (Phi) is 8.56. The molecule has 2 amide bonds. The first-order valence-corrected chi connectivity index (χ1v) is 11.1. The summed E-state index contributed by atoms with van der Waals surface area (Å²) in [5.74, 6) is 0.188. The number of benzene rings is 1. The number of ether oxygens (including phenoxy) is 1. The second-order valence-electron chi connectivity index (χ2n) is 8.16. The van der Waals surface area contributed by atoms with Crippen molar-refractivity contribution in [1.82, 2.24) is 15.2 Å². The molecule has 8 heteroatoms. The number of nitrogens with zero attached hydrogens (tertiary/aromatic N) is 1. The second-order valence-corrected chi connectivity index (χ2v) is 8.16. The summed E-state index contributed by atoms with van der Waals surface area (Å²) in [4.78, 5) is 32.6. The van der Waals surface area contributed by atoms with Gasteiger partial charge in [0.15, 0.2) is 11.6 Å². The summed E-state index contributed by atoms with van der Waals surface area (Å²) in [6.45, 7) is 3.53. The van der Waals surface area contributed by atoms with Crippen molar-refractivity contribution < 1.29 is 23.5 Å². The maximum absolute atomic E-state index is 13.6. The first-order valence-electron chi connectivity index (χ1n) is 11.1. The van der Waals surface area contributed by atoms with E-state index in [0.717, 1.165) is 36.9 Å². The maximum Gasteiger partial charge on any atom is 0.243 e. The molecule has 7 nitrogen and oxygen atoms in total. The van der Waals surface area contributed by atoms with Gasteiger partial charge in [0.1, 0.15) is 0 Å². The molecule has 2 N–H and O–H groups in total. The molecular weight excluding hydrogens is 413 g/mol. The third-order valence-corrected chi connectivity index (χ3v) is 5.43. The topological polar surface area (TPSA) is 89.4 Å². The lowest BCUT2D eigenvalue weighted by Crippen LogP contribution is -2.50. The lowest BCUT2D eigenvalue weighted by atomic mass is 10.1. The zero-order valence-corrected chi connectivity index (χ0v) is 18.3. The van der Waals surface area contributed by atoms with Crippen molar-refractivity contribution in [3.63, 3.8) is 0 Å². The summed E-state index contributed by atoms with van der Waals surface area (Å²) >= 11 is 0. The van der Waals surface area contributed by atoms with E-state index >= 15 is 0 Å². The smallest absolute Gasteiger partial charge is 0.243 e. The van der Waals surface area contributed by atoms with Crippen molar-refractivity contribution in [2.24, 2.45) is 5.92 Å². The van der Waals surface area contributed by atoms with Gasteiger partial charge in [-0.15, -0.1) is 0 Å². The Labute approximate surface area is 187 Å². The molecule has 4 rings (SSSR count). The number of amides is 2. The molecule has 0 spiro atoms. The number of aromatic nitrogens is 1. The van der Waals surface area contributed by atoms with Gasteiger partial charge in [0.2, 0.25) is 18.2 Å². The van der Waals surface area contributed by atoms with Gasteiger partial charge in [-0.25, -0.2) is 4.39 Å².